The van der Waals surface area contributed by atoms with Gasteiger partial charge in [0.15, 0.2) is 0 Å². The normalized spacial score (nSPS) is 11.0. The number of rotatable bonds is 6. The molecule has 4 heterocycles. The van der Waals surface area contributed by atoms with E-state index in [0.29, 0.717) is 23.1 Å². The molecule has 0 atom stereocenters. The van der Waals surface area contributed by atoms with Gasteiger partial charge in [0.05, 0.1) is 17.3 Å². The van der Waals surface area contributed by atoms with Gasteiger partial charge in [0.25, 0.3) is 0 Å². The number of nitrogens with zero attached hydrogens (tertiary/aromatic N) is 4. The number of hydrogen-bond donors (Lipinski definition) is 5. The lowest BCUT2D eigenvalue weighted by atomic mass is 10.0. The molecular formula is C23H18ClF6N7O6. The number of aliphatic carboxylic acids is 2. The van der Waals surface area contributed by atoms with E-state index in [0.717, 1.165) is 27.8 Å². The van der Waals surface area contributed by atoms with Gasteiger partial charge in [-0.1, -0.05) is 11.6 Å². The molecule has 13 nitrogen and oxygen atoms in total. The molecule has 6 N–H and O–H groups in total. The first-order chi connectivity index (χ1) is 20.0. The maximum atomic E-state index is 10.7. The van der Waals surface area contributed by atoms with Gasteiger partial charge in [-0.2, -0.15) is 26.3 Å². The second kappa shape index (κ2) is 14.6. The number of hydrogen-bond acceptors (Lipinski definition) is 8. The lowest BCUT2D eigenvalue weighted by Gasteiger charge is -2.07. The fourth-order valence-corrected chi connectivity index (χ4v) is 3.09. The molecule has 0 spiro atoms. The number of urea groups is 1. The van der Waals surface area contributed by atoms with Crippen molar-refractivity contribution in [1.82, 2.24) is 30.2 Å². The Morgan fingerprint density at radius 2 is 1.51 bits per heavy atom. The molecule has 4 rings (SSSR count). The van der Waals surface area contributed by atoms with Gasteiger partial charge in [0.1, 0.15) is 18.6 Å². The number of primary amides is 1. The molecule has 43 heavy (non-hydrogen) atoms. The third-order valence-electron chi connectivity index (χ3n) is 4.63. The van der Waals surface area contributed by atoms with Gasteiger partial charge in [-0.15, -0.1) is 0 Å². The van der Waals surface area contributed by atoms with Crippen molar-refractivity contribution in [2.45, 2.75) is 12.4 Å². The molecule has 0 aliphatic heterocycles. The van der Waals surface area contributed by atoms with Crippen molar-refractivity contribution in [3.8, 4) is 28.3 Å². The number of alkyl halides is 6. The van der Waals surface area contributed by atoms with Crippen molar-refractivity contribution in [1.29, 1.82) is 0 Å². The number of halogens is 7. The molecule has 0 saturated heterocycles. The van der Waals surface area contributed by atoms with E-state index in [-0.39, 0.29) is 6.61 Å². The Hall–Kier alpha value is -5.20. The van der Waals surface area contributed by atoms with Gasteiger partial charge in [-0.3, -0.25) is 0 Å². The summed E-state index contributed by atoms with van der Waals surface area (Å²) < 4.78 is 69.0. The Kier molecular flexibility index (Phi) is 11.6. The van der Waals surface area contributed by atoms with Crippen molar-refractivity contribution in [3.05, 3.63) is 54.3 Å². The van der Waals surface area contributed by atoms with E-state index in [1.807, 2.05) is 12.1 Å². The number of nitrogens with two attached hydrogens (primary N) is 1. The van der Waals surface area contributed by atoms with Crippen molar-refractivity contribution < 1.29 is 55.7 Å². The minimum atomic E-state index is -5.08. The van der Waals surface area contributed by atoms with Crippen LogP contribution in [0, 0.1) is 0 Å². The third kappa shape index (κ3) is 10.6. The lowest BCUT2D eigenvalue weighted by Crippen LogP contribution is -2.32. The highest BCUT2D eigenvalue weighted by atomic mass is 35.5. The van der Waals surface area contributed by atoms with Crippen LogP contribution in [0.25, 0.3) is 33.4 Å². The van der Waals surface area contributed by atoms with E-state index in [1.165, 1.54) is 6.33 Å². The van der Waals surface area contributed by atoms with Crippen LogP contribution >= 0.6 is 11.6 Å². The Labute approximate surface area is 240 Å². The first-order valence-electron chi connectivity index (χ1n) is 11.2. The smallest absolute Gasteiger partial charge is 0.476 e. The monoisotopic (exact) mass is 637 g/mol. The van der Waals surface area contributed by atoms with E-state index in [4.69, 9.17) is 41.9 Å². The number of H-pyrrole nitrogens is 1. The van der Waals surface area contributed by atoms with Gasteiger partial charge in [0.2, 0.25) is 5.88 Å². The summed E-state index contributed by atoms with van der Waals surface area (Å²) in [6.07, 6.45) is -1.95. The number of amides is 2. The average molecular weight is 638 g/mol. The predicted octanol–water partition coefficient (Wildman–Crippen LogP) is 4.05. The average Bonchev–Trinajstić information content (AvgIpc) is 3.30. The topological polar surface area (TPSA) is 206 Å². The summed E-state index contributed by atoms with van der Waals surface area (Å²) >= 11 is 6.16. The molecule has 4 aromatic rings. The molecule has 0 radical (unpaired) electrons. The van der Waals surface area contributed by atoms with Crippen LogP contribution in [0.1, 0.15) is 0 Å². The summed E-state index contributed by atoms with van der Waals surface area (Å²) in [5.41, 5.74) is 9.08. The molecule has 20 heteroatoms. The number of fused-ring (bicyclic) bond motifs is 1. The second-order valence-corrected chi connectivity index (χ2v) is 8.12. The standard InChI is InChI=1S/C19H16ClN7O2.2C2HF3O2/c20-13-5-14-16(12-6-22-10-23-7-12)17(27-18(14)26-9-13)11-1-2-15(25-8-11)29-4-3-24-19(21)28;2*3-2(4,5)1(6)7/h1-2,5-10H,3-4H2,(H,26,27)(H3,21,24,28);2*(H,6,7). The zero-order valence-corrected chi connectivity index (χ0v) is 21.8. The summed E-state index contributed by atoms with van der Waals surface area (Å²) in [6, 6.07) is 4.88. The van der Waals surface area contributed by atoms with Crippen LogP contribution in [0.3, 0.4) is 0 Å². The Balaban J connectivity index is 0.000000384. The van der Waals surface area contributed by atoms with Crippen molar-refractivity contribution in [3.63, 3.8) is 0 Å². The molecule has 0 fully saturated rings. The Morgan fingerprint density at radius 1 is 0.930 bits per heavy atom. The first kappa shape index (κ1) is 34.0. The van der Waals surface area contributed by atoms with Crippen LogP contribution < -0.4 is 15.8 Å². The second-order valence-electron chi connectivity index (χ2n) is 7.68. The van der Waals surface area contributed by atoms with Crippen molar-refractivity contribution >= 4 is 40.6 Å². The van der Waals surface area contributed by atoms with Crippen LogP contribution in [-0.4, -0.2) is 78.6 Å². The highest BCUT2D eigenvalue weighted by Gasteiger charge is 2.38. The Bertz CT molecular complexity index is 1530. The molecule has 230 valence electrons. The lowest BCUT2D eigenvalue weighted by molar-refractivity contribution is -0.193. The number of carbonyl (C=O) groups excluding carboxylic acids is 1. The predicted molar refractivity (Wildman–Crippen MR) is 136 cm³/mol. The van der Waals surface area contributed by atoms with Gasteiger partial charge in [-0.05, 0) is 12.1 Å². The van der Waals surface area contributed by atoms with Gasteiger partial charge < -0.3 is 31.0 Å². The quantitative estimate of drug-likeness (QED) is 0.151. The highest BCUT2D eigenvalue weighted by Crippen LogP contribution is 2.38. The van der Waals surface area contributed by atoms with E-state index >= 15 is 0 Å². The largest absolute Gasteiger partial charge is 0.490 e. The number of pyridine rings is 2. The molecule has 0 aliphatic carbocycles. The van der Waals surface area contributed by atoms with Crippen LogP contribution in [0.5, 0.6) is 5.88 Å². The van der Waals surface area contributed by atoms with Crippen LogP contribution in [0.2, 0.25) is 5.02 Å². The maximum Gasteiger partial charge on any atom is 0.490 e. The highest BCUT2D eigenvalue weighted by molar-refractivity contribution is 6.31. The number of carbonyl (C=O) groups is 3. The van der Waals surface area contributed by atoms with E-state index in [9.17, 15) is 31.1 Å². The zero-order valence-electron chi connectivity index (χ0n) is 21.1. The Morgan fingerprint density at radius 3 is 2.00 bits per heavy atom. The van der Waals surface area contributed by atoms with Crippen LogP contribution in [0.15, 0.2) is 49.3 Å². The van der Waals surface area contributed by atoms with Crippen LogP contribution in [0.4, 0.5) is 31.1 Å². The van der Waals surface area contributed by atoms with E-state index in [1.54, 1.807) is 30.9 Å². The van der Waals surface area contributed by atoms with Crippen molar-refractivity contribution in [2.24, 2.45) is 5.73 Å². The summed E-state index contributed by atoms with van der Waals surface area (Å²) in [4.78, 5) is 48.7. The number of aromatic amines is 1. The summed E-state index contributed by atoms with van der Waals surface area (Å²) in [5.74, 6) is -5.08. The van der Waals surface area contributed by atoms with Crippen LogP contribution in [-0.2, 0) is 9.59 Å². The fraction of sp³-hybridized carbons (Fsp3) is 0.174. The zero-order chi connectivity index (χ0) is 32.4. The molecule has 0 saturated carbocycles. The number of carboxylic acid groups (broad SMARTS) is 2. The third-order valence-corrected chi connectivity index (χ3v) is 4.83. The number of aromatic nitrogens is 5. The minimum Gasteiger partial charge on any atom is -0.476 e. The minimum absolute atomic E-state index is 0.261. The van der Waals surface area contributed by atoms with Gasteiger partial charge in [0, 0.05) is 52.9 Å². The molecule has 0 aliphatic rings. The molecule has 0 unspecified atom stereocenters. The summed E-state index contributed by atoms with van der Waals surface area (Å²) in [7, 11) is 0. The van der Waals surface area contributed by atoms with E-state index in [2.05, 4.69) is 30.2 Å². The molecule has 4 aromatic heterocycles. The summed E-state index contributed by atoms with van der Waals surface area (Å²) in [6.45, 7) is 0.558. The fourth-order valence-electron chi connectivity index (χ4n) is 2.93. The van der Waals surface area contributed by atoms with Crippen molar-refractivity contribution in [2.75, 3.05) is 13.2 Å². The maximum absolute atomic E-state index is 10.7. The molecule has 0 bridgehead atoms. The van der Waals surface area contributed by atoms with Gasteiger partial charge >= 0.3 is 30.3 Å². The number of carboxylic acids is 2. The first-order valence-corrected chi connectivity index (χ1v) is 11.5. The number of ether oxygens (including phenoxy) is 1. The number of nitrogens with one attached hydrogen (secondary N) is 2. The SMILES string of the molecule is NC(=O)NCCOc1ccc(-c2[nH]c3ncc(Cl)cc3c2-c2cncnc2)cn1.O=C(O)C(F)(F)F.O=C(O)C(F)(F)F. The van der Waals surface area contributed by atoms with E-state index < -0.39 is 30.3 Å². The summed E-state index contributed by atoms with van der Waals surface area (Å²) in [5, 5.41) is 18.1. The molecule has 2 amide bonds. The molecular weight excluding hydrogens is 620 g/mol. The van der Waals surface area contributed by atoms with Gasteiger partial charge in [-0.25, -0.2) is 34.3 Å². The molecule has 0 aromatic carbocycles.